The number of nitrogens with one attached hydrogen (secondary N) is 2. The fourth-order valence-corrected chi connectivity index (χ4v) is 2.01. The third-order valence-electron chi connectivity index (χ3n) is 2.83. The fourth-order valence-electron chi connectivity index (χ4n) is 1.83. The maximum atomic E-state index is 13.0. The summed E-state index contributed by atoms with van der Waals surface area (Å²) in [4.78, 5) is 19.3. The topological polar surface area (TPSA) is 57.8 Å². The summed E-state index contributed by atoms with van der Waals surface area (Å²) in [6.07, 6.45) is 1.77. The second-order valence-corrected chi connectivity index (χ2v) is 4.60. The van der Waals surface area contributed by atoms with Gasteiger partial charge in [0.2, 0.25) is 0 Å². The van der Waals surface area contributed by atoms with E-state index in [0.717, 1.165) is 17.1 Å². The second-order valence-electron chi connectivity index (χ2n) is 4.19. The Kier molecular flexibility index (Phi) is 3.12. The van der Waals surface area contributed by atoms with Crippen LogP contribution in [0.4, 0.5) is 10.2 Å². The fraction of sp³-hybridized carbons (Fsp3) is 0. The molecule has 3 aromatic rings. The number of amides is 1. The molecule has 100 valence electrons. The van der Waals surface area contributed by atoms with E-state index in [9.17, 15) is 9.18 Å². The second kappa shape index (κ2) is 4.94. The molecule has 6 heteroatoms. The van der Waals surface area contributed by atoms with Crippen LogP contribution in [0.5, 0.6) is 0 Å². The van der Waals surface area contributed by atoms with Crippen LogP contribution in [0.25, 0.3) is 11.0 Å². The smallest absolute Gasteiger partial charge is 0.256 e. The van der Waals surface area contributed by atoms with Crippen LogP contribution in [0.2, 0.25) is 5.02 Å². The van der Waals surface area contributed by atoms with Crippen molar-refractivity contribution in [2.45, 2.75) is 0 Å². The SMILES string of the molecule is O=C(Nc1ccc2[nH]ccc2n1)c1ccc(F)c(Cl)c1. The number of nitrogens with zero attached hydrogens (tertiary/aromatic N) is 1. The lowest BCUT2D eigenvalue weighted by Crippen LogP contribution is -2.13. The van der Waals surface area contributed by atoms with Gasteiger partial charge in [0.05, 0.1) is 16.1 Å². The Labute approximate surface area is 118 Å². The highest BCUT2D eigenvalue weighted by Gasteiger charge is 2.10. The molecule has 0 aliphatic rings. The van der Waals surface area contributed by atoms with Gasteiger partial charge in [-0.15, -0.1) is 0 Å². The molecule has 2 N–H and O–H groups in total. The predicted octanol–water partition coefficient (Wildman–Crippen LogP) is 3.61. The lowest BCUT2D eigenvalue weighted by atomic mass is 10.2. The highest BCUT2D eigenvalue weighted by molar-refractivity contribution is 6.31. The first-order chi connectivity index (χ1) is 9.63. The van der Waals surface area contributed by atoms with Gasteiger partial charge in [-0.2, -0.15) is 0 Å². The number of fused-ring (bicyclic) bond motifs is 1. The quantitative estimate of drug-likeness (QED) is 0.757. The summed E-state index contributed by atoms with van der Waals surface area (Å²) in [6.45, 7) is 0. The Balaban J connectivity index is 1.85. The highest BCUT2D eigenvalue weighted by atomic mass is 35.5. The third kappa shape index (κ3) is 2.35. The molecule has 1 amide bonds. The van der Waals surface area contributed by atoms with E-state index in [1.807, 2.05) is 6.07 Å². The maximum absolute atomic E-state index is 13.0. The van der Waals surface area contributed by atoms with E-state index in [-0.39, 0.29) is 10.6 Å². The van der Waals surface area contributed by atoms with E-state index in [2.05, 4.69) is 15.3 Å². The van der Waals surface area contributed by atoms with Gasteiger partial charge in [0.25, 0.3) is 5.91 Å². The summed E-state index contributed by atoms with van der Waals surface area (Å²) in [6, 6.07) is 9.10. The van der Waals surface area contributed by atoms with Gasteiger partial charge in [0, 0.05) is 11.8 Å². The van der Waals surface area contributed by atoms with Crippen molar-refractivity contribution in [3.8, 4) is 0 Å². The Morgan fingerprint density at radius 3 is 2.90 bits per heavy atom. The molecule has 0 aliphatic carbocycles. The minimum Gasteiger partial charge on any atom is -0.360 e. The van der Waals surface area contributed by atoms with Crippen LogP contribution in [-0.2, 0) is 0 Å². The van der Waals surface area contributed by atoms with Gasteiger partial charge in [-0.05, 0) is 36.4 Å². The van der Waals surface area contributed by atoms with Gasteiger partial charge >= 0.3 is 0 Å². The first kappa shape index (κ1) is 12.6. The van der Waals surface area contributed by atoms with Crippen molar-refractivity contribution in [1.29, 1.82) is 0 Å². The monoisotopic (exact) mass is 289 g/mol. The van der Waals surface area contributed by atoms with Crippen LogP contribution in [-0.4, -0.2) is 15.9 Å². The normalized spacial score (nSPS) is 10.7. The van der Waals surface area contributed by atoms with E-state index < -0.39 is 11.7 Å². The van der Waals surface area contributed by atoms with Crippen molar-refractivity contribution < 1.29 is 9.18 Å². The number of pyridine rings is 1. The van der Waals surface area contributed by atoms with Crippen LogP contribution in [0.1, 0.15) is 10.4 Å². The molecule has 2 aromatic heterocycles. The zero-order chi connectivity index (χ0) is 14.1. The lowest BCUT2D eigenvalue weighted by molar-refractivity contribution is 0.102. The molecule has 0 radical (unpaired) electrons. The highest BCUT2D eigenvalue weighted by Crippen LogP contribution is 2.18. The standard InChI is InChI=1S/C14H9ClFN3O/c15-9-7-8(1-2-10(9)16)14(20)19-13-4-3-11-12(18-13)5-6-17-11/h1-7,17H,(H,18,19,20). The molecule has 0 spiro atoms. The molecule has 4 nitrogen and oxygen atoms in total. The van der Waals surface area contributed by atoms with Gasteiger partial charge in [-0.3, -0.25) is 4.79 Å². The number of carbonyl (C=O) groups excluding carboxylic acids is 1. The molecule has 0 unspecified atom stereocenters. The van der Waals surface area contributed by atoms with Crippen LogP contribution < -0.4 is 5.32 Å². The molecular formula is C14H9ClFN3O. The first-order valence-electron chi connectivity index (χ1n) is 5.84. The van der Waals surface area contributed by atoms with Crippen molar-refractivity contribution in [3.63, 3.8) is 0 Å². The molecule has 2 heterocycles. The summed E-state index contributed by atoms with van der Waals surface area (Å²) in [5.41, 5.74) is 1.90. The first-order valence-corrected chi connectivity index (χ1v) is 6.22. The Morgan fingerprint density at radius 1 is 1.25 bits per heavy atom. The molecule has 0 aliphatic heterocycles. The number of aromatic amines is 1. The lowest BCUT2D eigenvalue weighted by Gasteiger charge is -2.05. The molecule has 1 aromatic carbocycles. The Morgan fingerprint density at radius 2 is 2.10 bits per heavy atom. The zero-order valence-corrected chi connectivity index (χ0v) is 10.9. The average molecular weight is 290 g/mol. The molecule has 0 fully saturated rings. The number of hydrogen-bond donors (Lipinski definition) is 2. The predicted molar refractivity (Wildman–Crippen MR) is 75.5 cm³/mol. The minimum absolute atomic E-state index is 0.0910. The van der Waals surface area contributed by atoms with Crippen LogP contribution in [0.3, 0.4) is 0 Å². The average Bonchev–Trinajstić information content (AvgIpc) is 2.89. The van der Waals surface area contributed by atoms with E-state index in [4.69, 9.17) is 11.6 Å². The van der Waals surface area contributed by atoms with E-state index in [1.165, 1.54) is 12.1 Å². The summed E-state index contributed by atoms with van der Waals surface area (Å²) in [5, 5.41) is 2.55. The van der Waals surface area contributed by atoms with Crippen molar-refractivity contribution in [2.75, 3.05) is 5.32 Å². The molecule has 0 atom stereocenters. The van der Waals surface area contributed by atoms with Gasteiger partial charge in [-0.1, -0.05) is 11.6 Å². The molecular weight excluding hydrogens is 281 g/mol. The van der Waals surface area contributed by atoms with Crippen molar-refractivity contribution >= 4 is 34.4 Å². The molecule has 20 heavy (non-hydrogen) atoms. The number of carbonyl (C=O) groups is 1. The van der Waals surface area contributed by atoms with E-state index in [0.29, 0.717) is 5.82 Å². The Hall–Kier alpha value is -2.40. The van der Waals surface area contributed by atoms with E-state index in [1.54, 1.807) is 18.3 Å². The number of rotatable bonds is 2. The van der Waals surface area contributed by atoms with Crippen LogP contribution in [0, 0.1) is 5.82 Å². The summed E-state index contributed by atoms with van der Waals surface area (Å²) >= 11 is 5.65. The van der Waals surface area contributed by atoms with Gasteiger partial charge < -0.3 is 10.3 Å². The summed E-state index contributed by atoms with van der Waals surface area (Å²) < 4.78 is 13.0. The summed E-state index contributed by atoms with van der Waals surface area (Å²) in [5.74, 6) is -0.535. The zero-order valence-electron chi connectivity index (χ0n) is 10.2. The third-order valence-corrected chi connectivity index (χ3v) is 3.12. The maximum Gasteiger partial charge on any atom is 0.256 e. The van der Waals surface area contributed by atoms with Crippen molar-refractivity contribution in [2.24, 2.45) is 0 Å². The number of anilines is 1. The molecule has 0 saturated heterocycles. The largest absolute Gasteiger partial charge is 0.360 e. The number of hydrogen-bond acceptors (Lipinski definition) is 2. The van der Waals surface area contributed by atoms with Crippen molar-refractivity contribution in [1.82, 2.24) is 9.97 Å². The minimum atomic E-state index is -0.560. The summed E-state index contributed by atoms with van der Waals surface area (Å²) in [7, 11) is 0. The van der Waals surface area contributed by atoms with Gasteiger partial charge in [0.15, 0.2) is 0 Å². The molecule has 0 bridgehead atoms. The van der Waals surface area contributed by atoms with Crippen LogP contribution in [0.15, 0.2) is 42.6 Å². The number of H-pyrrole nitrogens is 1. The number of benzene rings is 1. The van der Waals surface area contributed by atoms with E-state index >= 15 is 0 Å². The number of aromatic nitrogens is 2. The van der Waals surface area contributed by atoms with Crippen LogP contribution >= 0.6 is 11.6 Å². The number of halogens is 2. The molecule has 0 saturated carbocycles. The van der Waals surface area contributed by atoms with Gasteiger partial charge in [-0.25, -0.2) is 9.37 Å². The molecule has 3 rings (SSSR count). The Bertz CT molecular complexity index is 800. The van der Waals surface area contributed by atoms with Crippen molar-refractivity contribution in [3.05, 3.63) is 59.0 Å². The van der Waals surface area contributed by atoms with Gasteiger partial charge in [0.1, 0.15) is 11.6 Å².